The summed E-state index contributed by atoms with van der Waals surface area (Å²) in [4.78, 5) is 11.7. The van der Waals surface area contributed by atoms with Crippen molar-refractivity contribution in [1.82, 2.24) is 0 Å². The van der Waals surface area contributed by atoms with E-state index in [1.54, 1.807) is 0 Å². The lowest BCUT2D eigenvalue weighted by atomic mass is 10.1. The summed E-state index contributed by atoms with van der Waals surface area (Å²) in [6.45, 7) is 1.45. The number of amidine groups is 1. The van der Waals surface area contributed by atoms with Crippen LogP contribution < -0.4 is 11.1 Å². The summed E-state index contributed by atoms with van der Waals surface area (Å²) >= 11 is 8.88. The molecular formula is C10H10BrClFN3O2. The average Bonchev–Trinajstić information content (AvgIpc) is 2.31. The van der Waals surface area contributed by atoms with E-state index in [-0.39, 0.29) is 16.5 Å². The molecule has 0 fully saturated rings. The second-order valence-corrected chi connectivity index (χ2v) is 4.74. The Morgan fingerprint density at radius 1 is 1.67 bits per heavy atom. The third-order valence-corrected chi connectivity index (χ3v) is 3.13. The fourth-order valence-corrected chi connectivity index (χ4v) is 2.01. The van der Waals surface area contributed by atoms with E-state index in [1.165, 1.54) is 6.92 Å². The largest absolute Gasteiger partial charge is 0.409 e. The van der Waals surface area contributed by atoms with Gasteiger partial charge in [-0.2, -0.15) is 0 Å². The number of carbonyl (C=O) groups is 1. The zero-order valence-corrected chi connectivity index (χ0v) is 11.6. The minimum absolute atomic E-state index is 0.0435. The minimum Gasteiger partial charge on any atom is -0.409 e. The Bertz CT molecular complexity index is 487. The zero-order valence-electron chi connectivity index (χ0n) is 9.25. The highest BCUT2D eigenvalue weighted by Gasteiger charge is 2.20. The molecule has 0 aromatic heterocycles. The predicted octanol–water partition coefficient (Wildman–Crippen LogP) is 2.56. The Morgan fingerprint density at radius 2 is 2.28 bits per heavy atom. The van der Waals surface area contributed by atoms with Gasteiger partial charge in [0, 0.05) is 4.47 Å². The molecule has 0 aliphatic heterocycles. The standard InChI is InChI=1S/C10H10BrClFN3O2/c1-4(9(14)16-18)10(17)15-8-6(11)2-5(13)3-7(8)12/h2-4,18H,1H3,(H2,14,16)(H,15,17). The number of anilines is 1. The highest BCUT2D eigenvalue weighted by molar-refractivity contribution is 9.10. The van der Waals surface area contributed by atoms with Crippen molar-refractivity contribution in [3.63, 3.8) is 0 Å². The molecule has 0 heterocycles. The Kier molecular flexibility index (Phi) is 4.92. The monoisotopic (exact) mass is 337 g/mol. The lowest BCUT2D eigenvalue weighted by molar-refractivity contribution is -0.117. The molecule has 1 unspecified atom stereocenters. The summed E-state index contributed by atoms with van der Waals surface area (Å²) in [5.41, 5.74) is 5.53. The maximum atomic E-state index is 13.0. The van der Waals surface area contributed by atoms with Crippen LogP contribution in [0.2, 0.25) is 5.02 Å². The van der Waals surface area contributed by atoms with Crippen molar-refractivity contribution in [2.24, 2.45) is 16.8 Å². The fraction of sp³-hybridized carbons (Fsp3) is 0.200. The summed E-state index contributed by atoms with van der Waals surface area (Å²) in [5.74, 6) is -2.14. The van der Waals surface area contributed by atoms with Gasteiger partial charge in [0.05, 0.1) is 16.6 Å². The molecule has 4 N–H and O–H groups in total. The van der Waals surface area contributed by atoms with Crippen LogP contribution >= 0.6 is 27.5 Å². The molecule has 0 spiro atoms. The highest BCUT2D eigenvalue weighted by atomic mass is 79.9. The lowest BCUT2D eigenvalue weighted by Crippen LogP contribution is -2.32. The van der Waals surface area contributed by atoms with Gasteiger partial charge < -0.3 is 16.3 Å². The van der Waals surface area contributed by atoms with Gasteiger partial charge in [0.15, 0.2) is 5.84 Å². The molecule has 0 aliphatic rings. The SMILES string of the molecule is CC(C(=O)Nc1c(Cl)cc(F)cc1Br)C(N)=NO. The van der Waals surface area contributed by atoms with E-state index in [4.69, 9.17) is 22.5 Å². The normalized spacial score (nSPS) is 13.2. The summed E-state index contributed by atoms with van der Waals surface area (Å²) in [7, 11) is 0. The average molecular weight is 339 g/mol. The van der Waals surface area contributed by atoms with Crippen molar-refractivity contribution < 1.29 is 14.4 Å². The van der Waals surface area contributed by atoms with E-state index < -0.39 is 17.6 Å². The molecular weight excluding hydrogens is 328 g/mol. The summed E-state index contributed by atoms with van der Waals surface area (Å²) in [6.07, 6.45) is 0. The molecule has 1 aromatic rings. The van der Waals surface area contributed by atoms with E-state index in [1.807, 2.05) is 0 Å². The highest BCUT2D eigenvalue weighted by Crippen LogP contribution is 2.31. The Labute approximate surface area is 116 Å². The molecule has 0 saturated carbocycles. The minimum atomic E-state index is -0.844. The van der Waals surface area contributed by atoms with Crippen LogP contribution in [-0.4, -0.2) is 17.0 Å². The van der Waals surface area contributed by atoms with Crippen LogP contribution in [0.4, 0.5) is 10.1 Å². The van der Waals surface area contributed by atoms with Gasteiger partial charge in [0.2, 0.25) is 5.91 Å². The molecule has 0 saturated heterocycles. The number of rotatable bonds is 3. The van der Waals surface area contributed by atoms with Crippen molar-refractivity contribution in [3.05, 3.63) is 27.4 Å². The van der Waals surface area contributed by atoms with Crippen molar-refractivity contribution in [3.8, 4) is 0 Å². The van der Waals surface area contributed by atoms with Gasteiger partial charge in [-0.05, 0) is 35.0 Å². The van der Waals surface area contributed by atoms with Gasteiger partial charge >= 0.3 is 0 Å². The Hall–Kier alpha value is -1.34. The molecule has 1 atom stereocenters. The molecule has 1 aromatic carbocycles. The molecule has 98 valence electrons. The summed E-state index contributed by atoms with van der Waals surface area (Å²) < 4.78 is 13.3. The van der Waals surface area contributed by atoms with Crippen LogP contribution in [0.25, 0.3) is 0 Å². The summed E-state index contributed by atoms with van der Waals surface area (Å²) in [6, 6.07) is 2.23. The third kappa shape index (κ3) is 3.33. The van der Waals surface area contributed by atoms with Crippen molar-refractivity contribution in [2.45, 2.75) is 6.92 Å². The number of nitrogens with two attached hydrogens (primary N) is 1. The van der Waals surface area contributed by atoms with Gasteiger partial charge in [-0.3, -0.25) is 4.79 Å². The van der Waals surface area contributed by atoms with Gasteiger partial charge in [0.1, 0.15) is 5.82 Å². The van der Waals surface area contributed by atoms with Crippen molar-refractivity contribution in [2.75, 3.05) is 5.32 Å². The fourth-order valence-electron chi connectivity index (χ4n) is 1.11. The van der Waals surface area contributed by atoms with E-state index in [2.05, 4.69) is 26.4 Å². The first-order chi connectivity index (χ1) is 8.36. The number of hydrogen-bond donors (Lipinski definition) is 3. The molecule has 0 bridgehead atoms. The molecule has 0 radical (unpaired) electrons. The topological polar surface area (TPSA) is 87.7 Å². The summed E-state index contributed by atoms with van der Waals surface area (Å²) in [5, 5.41) is 13.7. The first kappa shape index (κ1) is 14.7. The van der Waals surface area contributed by atoms with Crippen molar-refractivity contribution >= 4 is 45.0 Å². The smallest absolute Gasteiger partial charge is 0.234 e. The number of hydrogen-bond acceptors (Lipinski definition) is 3. The molecule has 8 heteroatoms. The van der Waals surface area contributed by atoms with E-state index in [9.17, 15) is 9.18 Å². The number of amides is 1. The number of benzene rings is 1. The number of carbonyl (C=O) groups excluding carboxylic acids is 1. The molecule has 18 heavy (non-hydrogen) atoms. The first-order valence-electron chi connectivity index (χ1n) is 4.79. The molecule has 1 rings (SSSR count). The maximum absolute atomic E-state index is 13.0. The van der Waals surface area contributed by atoms with Gasteiger partial charge in [-0.25, -0.2) is 4.39 Å². The number of oxime groups is 1. The van der Waals surface area contributed by atoms with E-state index in [0.717, 1.165) is 12.1 Å². The first-order valence-corrected chi connectivity index (χ1v) is 5.96. The van der Waals surface area contributed by atoms with Crippen LogP contribution in [-0.2, 0) is 4.79 Å². The second kappa shape index (κ2) is 6.01. The predicted molar refractivity (Wildman–Crippen MR) is 70.3 cm³/mol. The lowest BCUT2D eigenvalue weighted by Gasteiger charge is -2.13. The Balaban J connectivity index is 2.96. The van der Waals surface area contributed by atoms with Crippen LogP contribution in [0, 0.1) is 11.7 Å². The quantitative estimate of drug-likeness (QED) is 0.342. The molecule has 5 nitrogen and oxygen atoms in total. The molecule has 1 amide bonds. The zero-order chi connectivity index (χ0) is 13.9. The number of halogens is 3. The van der Waals surface area contributed by atoms with Crippen LogP contribution in [0.3, 0.4) is 0 Å². The van der Waals surface area contributed by atoms with Crippen LogP contribution in [0.1, 0.15) is 6.92 Å². The number of nitrogens with zero attached hydrogens (tertiary/aromatic N) is 1. The second-order valence-electron chi connectivity index (χ2n) is 3.48. The third-order valence-electron chi connectivity index (χ3n) is 2.21. The van der Waals surface area contributed by atoms with Gasteiger partial charge in [-0.15, -0.1) is 0 Å². The van der Waals surface area contributed by atoms with E-state index >= 15 is 0 Å². The van der Waals surface area contributed by atoms with Crippen LogP contribution in [0.15, 0.2) is 21.8 Å². The van der Waals surface area contributed by atoms with Crippen LogP contribution in [0.5, 0.6) is 0 Å². The number of nitrogens with one attached hydrogen (secondary N) is 1. The Morgan fingerprint density at radius 3 is 2.78 bits per heavy atom. The van der Waals surface area contributed by atoms with Gasteiger partial charge in [0.25, 0.3) is 0 Å². The maximum Gasteiger partial charge on any atom is 0.234 e. The van der Waals surface area contributed by atoms with Crippen molar-refractivity contribution in [1.29, 1.82) is 0 Å². The molecule has 0 aliphatic carbocycles. The van der Waals surface area contributed by atoms with E-state index in [0.29, 0.717) is 4.47 Å². The van der Waals surface area contributed by atoms with Gasteiger partial charge in [-0.1, -0.05) is 16.8 Å².